The molecule has 1 fully saturated rings. The topological polar surface area (TPSA) is 103 Å². The summed E-state index contributed by atoms with van der Waals surface area (Å²) in [5.41, 5.74) is 3.30. The molecule has 3 atom stereocenters. The highest BCUT2D eigenvalue weighted by Gasteiger charge is 2.32. The first kappa shape index (κ1) is 24.9. The summed E-state index contributed by atoms with van der Waals surface area (Å²) in [6.45, 7) is 3.66. The van der Waals surface area contributed by atoms with Crippen LogP contribution in [0.4, 0.5) is 10.5 Å². The Bertz CT molecular complexity index is 1100. The molecule has 0 unspecified atom stereocenters. The van der Waals surface area contributed by atoms with Gasteiger partial charge in [0.05, 0.1) is 18.8 Å². The molecule has 9 heteroatoms. The molecule has 2 heterocycles. The van der Waals surface area contributed by atoms with Crippen LogP contribution >= 0.6 is 11.8 Å². The quantitative estimate of drug-likeness (QED) is 0.243. The van der Waals surface area contributed by atoms with E-state index in [1.54, 1.807) is 30.6 Å². The highest BCUT2D eigenvalue weighted by Crippen LogP contribution is 2.39. The Morgan fingerprint density at radius 1 is 1.11 bits per heavy atom. The first-order valence-corrected chi connectivity index (χ1v) is 12.2. The lowest BCUT2D eigenvalue weighted by Gasteiger charge is -2.36. The molecule has 35 heavy (non-hydrogen) atoms. The van der Waals surface area contributed by atoms with Crippen LogP contribution in [0, 0.1) is 0 Å². The molecule has 0 spiro atoms. The maximum Gasteiger partial charge on any atom is 0.411 e. The maximum atomic E-state index is 11.8. The molecule has 0 bridgehead atoms. The Kier molecular flexibility index (Phi) is 8.85. The second-order valence-corrected chi connectivity index (χ2v) is 8.81. The van der Waals surface area contributed by atoms with Crippen LogP contribution in [0.5, 0.6) is 0 Å². The van der Waals surface area contributed by atoms with Gasteiger partial charge in [0, 0.05) is 35.8 Å². The summed E-state index contributed by atoms with van der Waals surface area (Å²) < 4.78 is 17.6. The lowest BCUT2D eigenvalue weighted by Crippen LogP contribution is -2.31. The van der Waals surface area contributed by atoms with Crippen LogP contribution < -0.4 is 5.32 Å². The third kappa shape index (κ3) is 7.12. The molecule has 1 amide bonds. The fourth-order valence-electron chi connectivity index (χ4n) is 3.56. The molecule has 0 aliphatic carbocycles. The second-order valence-electron chi connectivity index (χ2n) is 7.83. The SMILES string of the molecule is C=CCOC(=O)Nc1ccc([C@H]2O[C@@H](CSc3ncccn3)C[C@@H](c3ccc(CO)cc3)O2)cc1. The minimum Gasteiger partial charge on any atom is -0.445 e. The Balaban J connectivity index is 1.47. The third-order valence-corrected chi connectivity index (χ3v) is 6.32. The lowest BCUT2D eigenvalue weighted by atomic mass is 10.0. The van der Waals surface area contributed by atoms with Crippen molar-refractivity contribution in [2.24, 2.45) is 0 Å². The number of hydrogen-bond acceptors (Lipinski definition) is 8. The third-order valence-electron chi connectivity index (χ3n) is 5.32. The summed E-state index contributed by atoms with van der Waals surface area (Å²) in [6, 6.07) is 16.8. The van der Waals surface area contributed by atoms with Crippen molar-refractivity contribution in [2.75, 3.05) is 17.7 Å². The Hall–Kier alpha value is -3.24. The summed E-state index contributed by atoms with van der Waals surface area (Å²) in [7, 11) is 0. The van der Waals surface area contributed by atoms with Crippen molar-refractivity contribution >= 4 is 23.5 Å². The molecule has 3 aromatic rings. The smallest absolute Gasteiger partial charge is 0.411 e. The van der Waals surface area contributed by atoms with E-state index >= 15 is 0 Å². The number of rotatable bonds is 9. The summed E-state index contributed by atoms with van der Waals surface area (Å²) in [6.07, 6.45) is 4.20. The number of benzene rings is 2. The molecular weight excluding hydrogens is 466 g/mol. The number of nitrogens with one attached hydrogen (secondary N) is 1. The molecule has 2 aromatic carbocycles. The van der Waals surface area contributed by atoms with Crippen molar-refractivity contribution in [3.8, 4) is 0 Å². The molecular formula is C26H27N3O5S. The molecule has 0 radical (unpaired) electrons. The average Bonchev–Trinajstić information content (AvgIpc) is 2.91. The van der Waals surface area contributed by atoms with Crippen LogP contribution in [0.15, 0.2) is 84.8 Å². The summed E-state index contributed by atoms with van der Waals surface area (Å²) in [5, 5.41) is 12.7. The Labute approximate surface area is 208 Å². The highest BCUT2D eigenvalue weighted by molar-refractivity contribution is 7.99. The summed E-state index contributed by atoms with van der Waals surface area (Å²) in [5.74, 6) is 0.671. The number of amides is 1. The number of aromatic nitrogens is 2. The van der Waals surface area contributed by atoms with Crippen LogP contribution in [-0.4, -0.2) is 39.6 Å². The molecule has 4 rings (SSSR count). The van der Waals surface area contributed by atoms with Gasteiger partial charge < -0.3 is 19.3 Å². The number of aliphatic hydroxyl groups is 1. The van der Waals surface area contributed by atoms with Crippen LogP contribution in [0.25, 0.3) is 0 Å². The zero-order chi connectivity index (χ0) is 24.5. The summed E-state index contributed by atoms with van der Waals surface area (Å²) in [4.78, 5) is 20.3. The van der Waals surface area contributed by atoms with Crippen molar-refractivity contribution in [3.05, 3.63) is 96.3 Å². The molecule has 2 N–H and O–H groups in total. The van der Waals surface area contributed by atoms with Crippen LogP contribution in [0.1, 0.15) is 35.5 Å². The first-order chi connectivity index (χ1) is 17.1. The maximum absolute atomic E-state index is 11.8. The molecule has 1 aromatic heterocycles. The number of ether oxygens (including phenoxy) is 3. The number of hydrogen-bond donors (Lipinski definition) is 2. The van der Waals surface area contributed by atoms with Crippen LogP contribution in [-0.2, 0) is 20.8 Å². The monoisotopic (exact) mass is 493 g/mol. The van der Waals surface area contributed by atoms with Gasteiger partial charge in [-0.3, -0.25) is 5.32 Å². The predicted octanol–water partition coefficient (Wildman–Crippen LogP) is 5.04. The van der Waals surface area contributed by atoms with Gasteiger partial charge in [-0.15, -0.1) is 0 Å². The zero-order valence-corrected chi connectivity index (χ0v) is 19.9. The second kappa shape index (κ2) is 12.5. The van der Waals surface area contributed by atoms with E-state index < -0.39 is 12.4 Å². The van der Waals surface area contributed by atoms with Crippen molar-refractivity contribution in [2.45, 2.75) is 36.7 Å². The van der Waals surface area contributed by atoms with Gasteiger partial charge in [0.25, 0.3) is 0 Å². The molecule has 8 nitrogen and oxygen atoms in total. The number of carbonyl (C=O) groups excluding carboxylic acids is 1. The number of thioether (sulfide) groups is 1. The van der Waals surface area contributed by atoms with Gasteiger partial charge >= 0.3 is 6.09 Å². The van der Waals surface area contributed by atoms with Crippen molar-refractivity contribution < 1.29 is 24.1 Å². The molecule has 1 aliphatic rings. The van der Waals surface area contributed by atoms with E-state index in [1.807, 2.05) is 36.4 Å². The first-order valence-electron chi connectivity index (χ1n) is 11.2. The van der Waals surface area contributed by atoms with Crippen LogP contribution in [0.2, 0.25) is 0 Å². The van der Waals surface area contributed by atoms with Crippen molar-refractivity contribution in [3.63, 3.8) is 0 Å². The predicted molar refractivity (Wildman–Crippen MR) is 133 cm³/mol. The van der Waals surface area contributed by atoms with Gasteiger partial charge in [-0.1, -0.05) is 60.8 Å². The van der Waals surface area contributed by atoms with E-state index in [0.717, 1.165) is 16.7 Å². The van der Waals surface area contributed by atoms with E-state index in [9.17, 15) is 9.90 Å². The fraction of sp³-hybridized carbons (Fsp3) is 0.269. The number of aliphatic hydroxyl groups excluding tert-OH is 1. The molecule has 182 valence electrons. The van der Waals surface area contributed by atoms with E-state index in [0.29, 0.717) is 23.0 Å². The van der Waals surface area contributed by atoms with Gasteiger partial charge in [0.15, 0.2) is 11.4 Å². The van der Waals surface area contributed by atoms with Gasteiger partial charge in [0.2, 0.25) is 0 Å². The Morgan fingerprint density at radius 3 is 2.51 bits per heavy atom. The van der Waals surface area contributed by atoms with Crippen molar-refractivity contribution in [1.82, 2.24) is 9.97 Å². The van der Waals surface area contributed by atoms with E-state index in [4.69, 9.17) is 14.2 Å². The Morgan fingerprint density at radius 2 is 1.83 bits per heavy atom. The normalized spacial score (nSPS) is 19.6. The summed E-state index contributed by atoms with van der Waals surface area (Å²) >= 11 is 1.54. The fourth-order valence-corrected chi connectivity index (χ4v) is 4.38. The van der Waals surface area contributed by atoms with E-state index in [-0.39, 0.29) is 25.4 Å². The highest BCUT2D eigenvalue weighted by atomic mass is 32.2. The lowest BCUT2D eigenvalue weighted by molar-refractivity contribution is -0.245. The average molecular weight is 494 g/mol. The standard InChI is InChI=1S/C26H27N3O5S/c1-2-14-32-26(31)29-21-10-8-20(9-11-21)24-33-22(17-35-25-27-12-3-13-28-25)15-23(34-24)19-6-4-18(16-30)5-7-19/h2-13,22-24,30H,1,14-17H2,(H,29,31)/t22-,23+,24+/m1/s1. The van der Waals surface area contributed by atoms with Gasteiger partial charge in [-0.25, -0.2) is 14.8 Å². The van der Waals surface area contributed by atoms with Crippen molar-refractivity contribution in [1.29, 1.82) is 0 Å². The number of carbonyl (C=O) groups is 1. The number of nitrogens with zero attached hydrogens (tertiary/aromatic N) is 2. The minimum absolute atomic E-state index is 0.00457. The van der Waals surface area contributed by atoms with Gasteiger partial charge in [-0.2, -0.15) is 0 Å². The zero-order valence-electron chi connectivity index (χ0n) is 19.1. The molecule has 1 saturated heterocycles. The van der Waals surface area contributed by atoms with Gasteiger partial charge in [-0.05, 0) is 29.3 Å². The van der Waals surface area contributed by atoms with Crippen LogP contribution in [0.3, 0.4) is 0 Å². The largest absolute Gasteiger partial charge is 0.445 e. The molecule has 1 aliphatic heterocycles. The minimum atomic E-state index is -0.588. The van der Waals surface area contributed by atoms with E-state index in [2.05, 4.69) is 21.9 Å². The van der Waals surface area contributed by atoms with E-state index in [1.165, 1.54) is 17.8 Å². The number of anilines is 1. The molecule has 0 saturated carbocycles. The van der Waals surface area contributed by atoms with Gasteiger partial charge in [0.1, 0.15) is 6.61 Å².